The molecule has 11 heteroatoms. The molecule has 4 rings (SSSR count). The van der Waals surface area contributed by atoms with Crippen molar-refractivity contribution in [2.24, 2.45) is 15.1 Å². The Bertz CT molecular complexity index is 895. The molecule has 2 saturated heterocycles. The van der Waals surface area contributed by atoms with Gasteiger partial charge in [-0.05, 0) is 37.0 Å². The third kappa shape index (κ3) is 3.12. The highest BCUT2D eigenvalue weighted by atomic mass is 31.1. The van der Waals surface area contributed by atoms with Gasteiger partial charge in [-0.25, -0.2) is 9.98 Å². The van der Waals surface area contributed by atoms with Crippen molar-refractivity contribution in [2.45, 2.75) is 43.7 Å². The Morgan fingerprint density at radius 1 is 1.50 bits per heavy atom. The second-order valence-corrected chi connectivity index (χ2v) is 9.38. The summed E-state index contributed by atoms with van der Waals surface area (Å²) in [6.07, 6.45) is 6.79. The van der Waals surface area contributed by atoms with Crippen molar-refractivity contribution in [1.29, 1.82) is 5.26 Å². The van der Waals surface area contributed by atoms with E-state index in [1.165, 1.54) is 0 Å². The lowest BCUT2D eigenvalue weighted by molar-refractivity contribution is -0.151. The molecule has 1 spiro atoms. The lowest BCUT2D eigenvalue weighted by Gasteiger charge is -2.58. The first-order valence-electron chi connectivity index (χ1n) is 9.44. The van der Waals surface area contributed by atoms with E-state index in [0.29, 0.717) is 13.0 Å². The van der Waals surface area contributed by atoms with E-state index in [1.807, 2.05) is 12.3 Å². The number of carbonyl (C=O) groups is 1. The van der Waals surface area contributed by atoms with Crippen LogP contribution in [-0.2, 0) is 4.79 Å². The highest BCUT2D eigenvalue weighted by Crippen LogP contribution is 2.43. The zero-order chi connectivity index (χ0) is 19.6. The quantitative estimate of drug-likeness (QED) is 0.335. The standard InChI is InChI=1S/C17H22N9OP/c18-6-3-14(27)26-11-13(23-24-19)17(26)4-1-2-8-25(9-5-17)16-22-12-21-15-20-7-10-28(15)16/h7,10,12-13,28H,1-5,8-9,11H2,(H,20,21,22). The maximum atomic E-state index is 12.5. The third-order valence-corrected chi connectivity index (χ3v) is 8.18. The van der Waals surface area contributed by atoms with Gasteiger partial charge in [0.15, 0.2) is 0 Å². The largest absolute Gasteiger partial charge is 0.346 e. The van der Waals surface area contributed by atoms with Crippen molar-refractivity contribution >= 4 is 30.9 Å². The van der Waals surface area contributed by atoms with E-state index in [-0.39, 0.29) is 18.4 Å². The van der Waals surface area contributed by atoms with Crippen LogP contribution < -0.4 is 5.32 Å². The Kier molecular flexibility index (Phi) is 5.23. The number of rotatable bonds is 3. The zero-order valence-corrected chi connectivity index (χ0v) is 16.5. The van der Waals surface area contributed by atoms with E-state index >= 15 is 0 Å². The molecule has 0 aromatic rings. The summed E-state index contributed by atoms with van der Waals surface area (Å²) in [5.41, 5.74) is 10.5. The summed E-state index contributed by atoms with van der Waals surface area (Å²) in [5, 5.41) is 16.1. The number of hydrogen-bond donors (Lipinski definition) is 1. The number of nitrogens with one attached hydrogen (secondary N) is 1. The molecular weight excluding hydrogens is 377 g/mol. The van der Waals surface area contributed by atoms with Gasteiger partial charge in [0.25, 0.3) is 0 Å². The van der Waals surface area contributed by atoms with Crippen LogP contribution in [-0.4, -0.2) is 64.4 Å². The molecule has 4 aliphatic rings. The molecule has 4 aliphatic heterocycles. The average Bonchev–Trinajstić information content (AvgIpc) is 3.14. The Balaban J connectivity index is 1.60. The molecule has 0 aromatic heterocycles. The molecule has 1 N–H and O–H groups in total. The van der Waals surface area contributed by atoms with E-state index in [4.69, 9.17) is 10.8 Å². The monoisotopic (exact) mass is 399 g/mol. The minimum absolute atomic E-state index is 0.139. The number of fused-ring (bicyclic) bond motifs is 1. The molecule has 0 radical (unpaired) electrons. The minimum atomic E-state index is -1.11. The number of hydrogen-bond acceptors (Lipinski definition) is 7. The number of amides is 1. The molecule has 3 unspecified atom stereocenters. The van der Waals surface area contributed by atoms with E-state index in [9.17, 15) is 4.79 Å². The summed E-state index contributed by atoms with van der Waals surface area (Å²) in [5.74, 6) is 1.98. The Hall–Kier alpha value is -2.59. The minimum Gasteiger partial charge on any atom is -0.346 e. The van der Waals surface area contributed by atoms with Crippen LogP contribution in [0.25, 0.3) is 10.4 Å². The van der Waals surface area contributed by atoms with Gasteiger partial charge in [0.1, 0.15) is 23.9 Å². The average molecular weight is 399 g/mol. The first-order valence-corrected chi connectivity index (χ1v) is 11.0. The van der Waals surface area contributed by atoms with Gasteiger partial charge in [-0.3, -0.25) is 9.69 Å². The molecule has 4 heterocycles. The van der Waals surface area contributed by atoms with Crippen LogP contribution in [0.5, 0.6) is 0 Å². The van der Waals surface area contributed by atoms with Gasteiger partial charge < -0.3 is 10.2 Å². The number of amidine groups is 1. The summed E-state index contributed by atoms with van der Waals surface area (Å²) < 4.78 is 0. The van der Waals surface area contributed by atoms with E-state index < -0.39 is 13.1 Å². The first-order chi connectivity index (χ1) is 13.7. The molecular formula is C17H22N9OP. The van der Waals surface area contributed by atoms with Crippen molar-refractivity contribution in [3.8, 4) is 6.07 Å². The summed E-state index contributed by atoms with van der Waals surface area (Å²) in [7, 11) is -1.11. The number of carbonyl (C=O) groups excluding carboxylic acids is 1. The third-order valence-electron chi connectivity index (χ3n) is 5.97. The van der Waals surface area contributed by atoms with Crippen LogP contribution in [0.4, 0.5) is 0 Å². The molecule has 3 atom stereocenters. The fourth-order valence-electron chi connectivity index (χ4n) is 4.54. The molecule has 0 aromatic carbocycles. The van der Waals surface area contributed by atoms with Gasteiger partial charge in [0.2, 0.25) is 5.91 Å². The Morgan fingerprint density at radius 3 is 3.21 bits per heavy atom. The summed E-state index contributed by atoms with van der Waals surface area (Å²) in [6.45, 7) is 2.05. The molecule has 10 nitrogen and oxygen atoms in total. The lowest BCUT2D eigenvalue weighted by atomic mass is 9.72. The van der Waals surface area contributed by atoms with Crippen LogP contribution in [0.15, 0.2) is 27.1 Å². The smallest absolute Gasteiger partial charge is 0.237 e. The normalized spacial score (nSPS) is 31.6. The highest BCUT2D eigenvalue weighted by molar-refractivity contribution is 7.78. The molecule has 1 amide bonds. The number of nitrogens with zero attached hydrogens (tertiary/aromatic N) is 8. The SMILES string of the molecule is N#CCC(=O)N1CC(N=[N+]=[N-])C12CCCCN(C1=[PH]3C=CNC3=NC=N1)CC2. The maximum absolute atomic E-state index is 12.5. The van der Waals surface area contributed by atoms with Crippen LogP contribution in [0.1, 0.15) is 32.1 Å². The fourth-order valence-corrected chi connectivity index (χ4v) is 6.50. The molecule has 0 aliphatic carbocycles. The predicted molar refractivity (Wildman–Crippen MR) is 109 cm³/mol. The predicted octanol–water partition coefficient (Wildman–Crippen LogP) is 1.81. The summed E-state index contributed by atoms with van der Waals surface area (Å²) >= 11 is 0. The number of nitriles is 1. The van der Waals surface area contributed by atoms with Gasteiger partial charge >= 0.3 is 0 Å². The van der Waals surface area contributed by atoms with Crippen LogP contribution in [0.2, 0.25) is 0 Å². The number of likely N-dealkylation sites (tertiary alicyclic amines) is 2. The second kappa shape index (κ2) is 7.80. The number of azide groups is 1. The van der Waals surface area contributed by atoms with Gasteiger partial charge in [0.05, 0.1) is 17.6 Å². The zero-order valence-electron chi connectivity index (χ0n) is 15.5. The van der Waals surface area contributed by atoms with E-state index in [2.05, 4.69) is 36.0 Å². The summed E-state index contributed by atoms with van der Waals surface area (Å²) in [4.78, 5) is 28.5. The van der Waals surface area contributed by atoms with Crippen molar-refractivity contribution in [3.05, 3.63) is 22.5 Å². The van der Waals surface area contributed by atoms with Crippen LogP contribution in [0, 0.1) is 11.3 Å². The molecule has 2 fully saturated rings. The molecule has 28 heavy (non-hydrogen) atoms. The Labute approximate surface area is 163 Å². The summed E-state index contributed by atoms with van der Waals surface area (Å²) in [6, 6.07) is 1.71. The maximum Gasteiger partial charge on any atom is 0.237 e. The number of aliphatic imine (C=N–C) groups is 2. The first kappa shape index (κ1) is 18.8. The van der Waals surface area contributed by atoms with Gasteiger partial charge in [-0.1, -0.05) is 5.11 Å². The van der Waals surface area contributed by atoms with Crippen molar-refractivity contribution in [2.75, 3.05) is 19.6 Å². The topological polar surface area (TPSA) is 133 Å². The second-order valence-electron chi connectivity index (χ2n) is 7.29. The van der Waals surface area contributed by atoms with Crippen molar-refractivity contribution in [1.82, 2.24) is 15.1 Å². The van der Waals surface area contributed by atoms with Crippen molar-refractivity contribution in [3.63, 3.8) is 0 Å². The van der Waals surface area contributed by atoms with Gasteiger partial charge in [-0.15, -0.1) is 0 Å². The van der Waals surface area contributed by atoms with E-state index in [0.717, 1.165) is 43.5 Å². The van der Waals surface area contributed by atoms with Crippen LogP contribution >= 0.6 is 7.55 Å². The van der Waals surface area contributed by atoms with Crippen LogP contribution in [0.3, 0.4) is 0 Å². The molecule has 146 valence electrons. The fraction of sp³-hybridized carbons (Fsp3) is 0.588. The van der Waals surface area contributed by atoms with Crippen molar-refractivity contribution < 1.29 is 4.79 Å². The van der Waals surface area contributed by atoms with Gasteiger partial charge in [-0.2, -0.15) is 5.26 Å². The molecule has 0 bridgehead atoms. The van der Waals surface area contributed by atoms with Gasteiger partial charge in [0, 0.05) is 38.3 Å². The van der Waals surface area contributed by atoms with E-state index in [1.54, 1.807) is 11.2 Å². The Morgan fingerprint density at radius 2 is 2.39 bits per heavy atom. The lowest BCUT2D eigenvalue weighted by Crippen LogP contribution is -2.72. The molecule has 0 saturated carbocycles. The highest BCUT2D eigenvalue weighted by Gasteiger charge is 2.54.